The minimum Gasteiger partial charge on any atom is -0.447 e. The molecule has 2 aromatic heterocycles. The van der Waals surface area contributed by atoms with E-state index in [1.807, 2.05) is 41.1 Å². The van der Waals surface area contributed by atoms with Crippen LogP contribution in [-0.2, 0) is 16.1 Å². The predicted molar refractivity (Wildman–Crippen MR) is 97.7 cm³/mol. The lowest BCUT2D eigenvalue weighted by molar-refractivity contribution is -0.133. The van der Waals surface area contributed by atoms with Gasteiger partial charge in [0.2, 0.25) is 5.91 Å². The average Bonchev–Trinajstić information content (AvgIpc) is 3.29. The second kappa shape index (κ2) is 7.38. The summed E-state index contributed by atoms with van der Waals surface area (Å²) in [5, 5.41) is 4.47. The van der Waals surface area contributed by atoms with Gasteiger partial charge in [-0.25, -0.2) is 4.79 Å². The van der Waals surface area contributed by atoms with Crippen molar-refractivity contribution >= 4 is 12.0 Å². The zero-order valence-electron chi connectivity index (χ0n) is 15.3. The summed E-state index contributed by atoms with van der Waals surface area (Å²) in [6.07, 6.45) is 6.62. The summed E-state index contributed by atoms with van der Waals surface area (Å²) >= 11 is 0. The highest BCUT2D eigenvalue weighted by Gasteiger charge is 2.37. The van der Waals surface area contributed by atoms with Crippen molar-refractivity contribution in [2.45, 2.75) is 38.4 Å². The molecule has 4 rings (SSSR count). The number of piperidine rings is 1. The Kier molecular flexibility index (Phi) is 4.79. The number of cyclic esters (lactones) is 1. The second-order valence-electron chi connectivity index (χ2n) is 7.09. The third-order valence-corrected chi connectivity index (χ3v) is 5.24. The number of nitrogens with zero attached hydrogens (tertiary/aromatic N) is 5. The second-order valence-corrected chi connectivity index (χ2v) is 7.09. The predicted octanol–water partition coefficient (Wildman–Crippen LogP) is 1.78. The number of carbonyl (C=O) groups excluding carboxylic acids is 2. The van der Waals surface area contributed by atoms with Gasteiger partial charge >= 0.3 is 6.09 Å². The number of hydrogen-bond acceptors (Lipinski definition) is 5. The Morgan fingerprint density at radius 2 is 2.11 bits per heavy atom. The summed E-state index contributed by atoms with van der Waals surface area (Å²) in [7, 11) is 0. The number of rotatable bonds is 4. The summed E-state index contributed by atoms with van der Waals surface area (Å²) < 4.78 is 6.78. The van der Waals surface area contributed by atoms with Gasteiger partial charge in [-0.2, -0.15) is 5.10 Å². The fourth-order valence-corrected chi connectivity index (χ4v) is 3.79. The largest absolute Gasteiger partial charge is 0.447 e. The van der Waals surface area contributed by atoms with Gasteiger partial charge in [0.1, 0.15) is 13.2 Å². The van der Waals surface area contributed by atoms with Gasteiger partial charge in [-0.05, 0) is 38.0 Å². The molecule has 0 N–H and O–H groups in total. The number of hydrogen-bond donors (Lipinski definition) is 0. The van der Waals surface area contributed by atoms with Gasteiger partial charge in [0.15, 0.2) is 0 Å². The van der Waals surface area contributed by atoms with Crippen LogP contribution >= 0.6 is 0 Å². The highest BCUT2D eigenvalue weighted by Crippen LogP contribution is 2.24. The Hall–Kier alpha value is -2.90. The van der Waals surface area contributed by atoms with Crippen LogP contribution in [0.25, 0.3) is 11.3 Å². The van der Waals surface area contributed by atoms with Gasteiger partial charge in [-0.3, -0.25) is 19.4 Å². The van der Waals surface area contributed by atoms with E-state index in [0.717, 1.165) is 24.1 Å². The van der Waals surface area contributed by atoms with Gasteiger partial charge in [0.25, 0.3) is 0 Å². The Morgan fingerprint density at radius 1 is 1.30 bits per heavy atom. The van der Waals surface area contributed by atoms with Crippen molar-refractivity contribution in [1.82, 2.24) is 24.6 Å². The van der Waals surface area contributed by atoms with Gasteiger partial charge < -0.3 is 9.64 Å². The molecule has 2 saturated heterocycles. The molecule has 4 heterocycles. The molecule has 0 radical (unpaired) electrons. The van der Waals surface area contributed by atoms with Gasteiger partial charge in [-0.1, -0.05) is 0 Å². The monoisotopic (exact) mass is 369 g/mol. The van der Waals surface area contributed by atoms with Crippen molar-refractivity contribution in [1.29, 1.82) is 0 Å². The summed E-state index contributed by atoms with van der Waals surface area (Å²) in [6.45, 7) is 3.97. The summed E-state index contributed by atoms with van der Waals surface area (Å²) in [6, 6.07) is 5.95. The number of amides is 2. The fraction of sp³-hybridized carbons (Fsp3) is 0.474. The minimum atomic E-state index is -0.230. The zero-order valence-corrected chi connectivity index (χ0v) is 15.3. The molecule has 2 aromatic rings. The first-order valence-electron chi connectivity index (χ1n) is 9.28. The molecule has 2 fully saturated rings. The summed E-state index contributed by atoms with van der Waals surface area (Å²) in [5.74, 6) is 0.0475. The molecule has 8 heteroatoms. The van der Waals surface area contributed by atoms with E-state index in [-0.39, 0.29) is 30.6 Å². The van der Waals surface area contributed by atoms with E-state index in [4.69, 9.17) is 4.74 Å². The first kappa shape index (κ1) is 17.5. The Labute approximate surface area is 157 Å². The smallest absolute Gasteiger partial charge is 0.410 e. The molecule has 0 aromatic carbocycles. The van der Waals surface area contributed by atoms with Crippen LogP contribution in [0.4, 0.5) is 4.79 Å². The number of aromatic nitrogens is 3. The molecule has 1 unspecified atom stereocenters. The normalized spacial score (nSPS) is 20.8. The van der Waals surface area contributed by atoms with E-state index in [2.05, 4.69) is 10.1 Å². The highest BCUT2D eigenvalue weighted by atomic mass is 16.6. The van der Waals surface area contributed by atoms with Crippen molar-refractivity contribution < 1.29 is 14.3 Å². The number of likely N-dealkylation sites (tertiary alicyclic amines) is 1. The lowest BCUT2D eigenvalue weighted by atomic mass is 10.0. The highest BCUT2D eigenvalue weighted by molar-refractivity contribution is 5.76. The van der Waals surface area contributed by atoms with E-state index < -0.39 is 0 Å². The third kappa shape index (κ3) is 3.65. The molecular formula is C19H23N5O3. The number of pyridine rings is 1. The van der Waals surface area contributed by atoms with Crippen LogP contribution in [-0.4, -0.2) is 68.3 Å². The van der Waals surface area contributed by atoms with E-state index in [1.54, 1.807) is 17.1 Å². The molecule has 0 spiro atoms. The molecular weight excluding hydrogens is 346 g/mol. The van der Waals surface area contributed by atoms with Crippen LogP contribution in [0.5, 0.6) is 0 Å². The fourth-order valence-electron chi connectivity index (χ4n) is 3.79. The maximum absolute atomic E-state index is 12.6. The maximum Gasteiger partial charge on any atom is 0.410 e. The van der Waals surface area contributed by atoms with E-state index in [9.17, 15) is 9.59 Å². The van der Waals surface area contributed by atoms with Crippen molar-refractivity contribution in [3.05, 3.63) is 36.8 Å². The van der Waals surface area contributed by atoms with Crippen molar-refractivity contribution in [3.63, 3.8) is 0 Å². The van der Waals surface area contributed by atoms with Crippen LogP contribution in [0.15, 0.2) is 36.8 Å². The standard InChI is InChI=1S/C19H23N5O3/c1-14-13-27-19(26)24(14)16-4-8-22(9-5-16)18(25)12-23-10-6-17(21-23)15-3-2-7-20-11-15/h2-3,6-7,10-11,14,16H,4-5,8-9,12-13H2,1H3. The van der Waals surface area contributed by atoms with Crippen LogP contribution in [0.3, 0.4) is 0 Å². The third-order valence-electron chi connectivity index (χ3n) is 5.24. The summed E-state index contributed by atoms with van der Waals surface area (Å²) in [4.78, 5) is 32.3. The molecule has 0 aliphatic carbocycles. The van der Waals surface area contributed by atoms with E-state index in [0.29, 0.717) is 19.7 Å². The van der Waals surface area contributed by atoms with Crippen LogP contribution in [0.2, 0.25) is 0 Å². The molecule has 27 heavy (non-hydrogen) atoms. The number of ether oxygens (including phenoxy) is 1. The molecule has 0 bridgehead atoms. The van der Waals surface area contributed by atoms with Crippen molar-refractivity contribution in [3.8, 4) is 11.3 Å². The van der Waals surface area contributed by atoms with Crippen molar-refractivity contribution in [2.24, 2.45) is 0 Å². The Morgan fingerprint density at radius 3 is 2.78 bits per heavy atom. The Balaban J connectivity index is 1.32. The molecule has 142 valence electrons. The molecule has 2 aliphatic rings. The molecule has 2 aliphatic heterocycles. The van der Waals surface area contributed by atoms with E-state index >= 15 is 0 Å². The molecule has 1 atom stereocenters. The molecule has 0 saturated carbocycles. The van der Waals surface area contributed by atoms with Gasteiger partial charge in [0, 0.05) is 43.3 Å². The lowest BCUT2D eigenvalue weighted by Crippen LogP contribution is -2.49. The van der Waals surface area contributed by atoms with Gasteiger partial charge in [-0.15, -0.1) is 0 Å². The zero-order chi connectivity index (χ0) is 18.8. The molecule has 8 nitrogen and oxygen atoms in total. The van der Waals surface area contributed by atoms with E-state index in [1.165, 1.54) is 0 Å². The quantitative estimate of drug-likeness (QED) is 0.821. The number of carbonyl (C=O) groups is 2. The molecule has 2 amide bonds. The van der Waals surface area contributed by atoms with Crippen LogP contribution in [0, 0.1) is 0 Å². The first-order valence-corrected chi connectivity index (χ1v) is 9.28. The van der Waals surface area contributed by atoms with Crippen LogP contribution < -0.4 is 0 Å². The first-order chi connectivity index (χ1) is 13.1. The minimum absolute atomic E-state index is 0.0475. The lowest BCUT2D eigenvalue weighted by Gasteiger charge is -2.37. The SMILES string of the molecule is CC1COC(=O)N1C1CCN(C(=O)Cn2ccc(-c3cccnc3)n2)CC1. The van der Waals surface area contributed by atoms with Crippen molar-refractivity contribution in [2.75, 3.05) is 19.7 Å². The Bertz CT molecular complexity index is 814. The van der Waals surface area contributed by atoms with Gasteiger partial charge in [0.05, 0.1) is 11.7 Å². The van der Waals surface area contributed by atoms with Crippen LogP contribution in [0.1, 0.15) is 19.8 Å². The summed E-state index contributed by atoms with van der Waals surface area (Å²) in [5.41, 5.74) is 1.73. The maximum atomic E-state index is 12.6. The average molecular weight is 369 g/mol. The topological polar surface area (TPSA) is 80.6 Å².